The largest absolute Gasteiger partial charge is 0.448 e. The molecule has 0 atom stereocenters. The Labute approximate surface area is 78.4 Å². The van der Waals surface area contributed by atoms with E-state index >= 15 is 0 Å². The summed E-state index contributed by atoms with van der Waals surface area (Å²) in [4.78, 5) is 14.8. The lowest BCUT2D eigenvalue weighted by Crippen LogP contribution is -2.45. The Morgan fingerprint density at radius 2 is 2.00 bits per heavy atom. The summed E-state index contributed by atoms with van der Waals surface area (Å²) in [5.41, 5.74) is 4.84. The maximum atomic E-state index is 10.3. The Hall–Kier alpha value is -0.810. The number of carbonyl (C=O) groups is 1. The minimum atomic E-state index is -0.686. The Balaban J connectivity index is 2.05. The van der Waals surface area contributed by atoms with Crippen LogP contribution in [0.25, 0.3) is 0 Å². The van der Waals surface area contributed by atoms with E-state index in [-0.39, 0.29) is 0 Å². The van der Waals surface area contributed by atoms with Crippen LogP contribution in [0.4, 0.5) is 4.79 Å². The third-order valence-corrected chi connectivity index (χ3v) is 2.25. The van der Waals surface area contributed by atoms with Crippen molar-refractivity contribution >= 4 is 6.09 Å². The number of primary amides is 1. The third-order valence-electron chi connectivity index (χ3n) is 2.25. The van der Waals surface area contributed by atoms with Gasteiger partial charge in [-0.3, -0.25) is 4.90 Å². The SMILES string of the molecule is CN1CCN(CCOC(N)=O)CC1. The molecular formula is C8H17N3O2. The number of hydrogen-bond acceptors (Lipinski definition) is 4. The van der Waals surface area contributed by atoms with Gasteiger partial charge in [0.2, 0.25) is 0 Å². The fourth-order valence-electron chi connectivity index (χ4n) is 1.35. The topological polar surface area (TPSA) is 58.8 Å². The molecule has 0 aromatic carbocycles. The van der Waals surface area contributed by atoms with E-state index in [9.17, 15) is 4.79 Å². The molecular weight excluding hydrogens is 170 g/mol. The van der Waals surface area contributed by atoms with E-state index in [0.29, 0.717) is 6.61 Å². The molecule has 1 aliphatic rings. The number of nitrogens with two attached hydrogens (primary N) is 1. The predicted octanol–water partition coefficient (Wildman–Crippen LogP) is -0.671. The third kappa shape index (κ3) is 4.10. The van der Waals surface area contributed by atoms with Gasteiger partial charge in [0.15, 0.2) is 0 Å². The molecule has 1 aliphatic heterocycles. The van der Waals surface area contributed by atoms with Gasteiger partial charge in [0, 0.05) is 32.7 Å². The fourth-order valence-corrected chi connectivity index (χ4v) is 1.35. The van der Waals surface area contributed by atoms with Gasteiger partial charge in [0.25, 0.3) is 0 Å². The van der Waals surface area contributed by atoms with Crippen LogP contribution in [0.1, 0.15) is 0 Å². The number of likely N-dealkylation sites (N-methyl/N-ethyl adjacent to an activating group) is 1. The van der Waals surface area contributed by atoms with E-state index in [0.717, 1.165) is 32.7 Å². The number of nitrogens with zero attached hydrogens (tertiary/aromatic N) is 2. The Morgan fingerprint density at radius 3 is 2.54 bits per heavy atom. The minimum absolute atomic E-state index is 0.402. The zero-order valence-corrected chi connectivity index (χ0v) is 8.03. The number of piperazine rings is 1. The van der Waals surface area contributed by atoms with Crippen molar-refractivity contribution < 1.29 is 9.53 Å². The first kappa shape index (κ1) is 10.3. The van der Waals surface area contributed by atoms with Crippen LogP contribution in [0.15, 0.2) is 0 Å². The van der Waals surface area contributed by atoms with Crippen molar-refractivity contribution in [2.24, 2.45) is 5.73 Å². The maximum Gasteiger partial charge on any atom is 0.404 e. The van der Waals surface area contributed by atoms with E-state index in [4.69, 9.17) is 5.73 Å². The first-order valence-electron chi connectivity index (χ1n) is 4.51. The van der Waals surface area contributed by atoms with E-state index in [1.54, 1.807) is 0 Å². The molecule has 0 radical (unpaired) electrons. The van der Waals surface area contributed by atoms with Gasteiger partial charge in [-0.25, -0.2) is 4.79 Å². The lowest BCUT2D eigenvalue weighted by Gasteiger charge is -2.31. The second-order valence-corrected chi connectivity index (χ2v) is 3.31. The molecule has 1 saturated heterocycles. The second kappa shape index (κ2) is 5.04. The molecule has 1 heterocycles. The quantitative estimate of drug-likeness (QED) is 0.636. The summed E-state index contributed by atoms with van der Waals surface area (Å²) in [7, 11) is 2.11. The molecule has 76 valence electrons. The normalized spacial score (nSPS) is 20.1. The number of carbonyl (C=O) groups excluding carboxylic acids is 1. The summed E-state index contributed by atoms with van der Waals surface area (Å²) in [6, 6.07) is 0. The summed E-state index contributed by atoms with van der Waals surface area (Å²) >= 11 is 0. The molecule has 0 saturated carbocycles. The summed E-state index contributed by atoms with van der Waals surface area (Å²) in [6.07, 6.45) is -0.686. The molecule has 1 rings (SSSR count). The highest BCUT2D eigenvalue weighted by molar-refractivity contribution is 5.64. The molecule has 0 aliphatic carbocycles. The van der Waals surface area contributed by atoms with Crippen molar-refractivity contribution in [3.05, 3.63) is 0 Å². The molecule has 2 N–H and O–H groups in total. The molecule has 0 bridgehead atoms. The van der Waals surface area contributed by atoms with Gasteiger partial charge in [-0.2, -0.15) is 0 Å². The highest BCUT2D eigenvalue weighted by atomic mass is 16.5. The van der Waals surface area contributed by atoms with Crippen LogP contribution in [0.2, 0.25) is 0 Å². The maximum absolute atomic E-state index is 10.3. The number of hydrogen-bond donors (Lipinski definition) is 1. The fraction of sp³-hybridized carbons (Fsp3) is 0.875. The first-order valence-corrected chi connectivity index (χ1v) is 4.51. The van der Waals surface area contributed by atoms with Crippen molar-refractivity contribution in [3.8, 4) is 0 Å². The minimum Gasteiger partial charge on any atom is -0.448 e. The van der Waals surface area contributed by atoms with Gasteiger partial charge in [-0.1, -0.05) is 0 Å². The summed E-state index contributed by atoms with van der Waals surface area (Å²) in [6.45, 7) is 5.43. The Morgan fingerprint density at radius 1 is 1.38 bits per heavy atom. The molecule has 0 aromatic heterocycles. The van der Waals surface area contributed by atoms with E-state index in [1.807, 2.05) is 0 Å². The monoisotopic (exact) mass is 187 g/mol. The molecule has 1 amide bonds. The first-order chi connectivity index (χ1) is 6.18. The molecule has 5 heteroatoms. The zero-order chi connectivity index (χ0) is 9.68. The van der Waals surface area contributed by atoms with Crippen molar-refractivity contribution in [1.82, 2.24) is 9.80 Å². The van der Waals surface area contributed by atoms with Crippen LogP contribution in [-0.2, 0) is 4.74 Å². The van der Waals surface area contributed by atoms with Gasteiger partial charge < -0.3 is 15.4 Å². The Bertz CT molecular complexity index is 167. The lowest BCUT2D eigenvalue weighted by atomic mass is 10.3. The molecule has 1 fully saturated rings. The number of rotatable bonds is 3. The average Bonchev–Trinajstić information content (AvgIpc) is 2.08. The van der Waals surface area contributed by atoms with Crippen LogP contribution in [-0.4, -0.2) is 62.3 Å². The van der Waals surface area contributed by atoms with Crippen molar-refractivity contribution in [3.63, 3.8) is 0 Å². The average molecular weight is 187 g/mol. The molecule has 5 nitrogen and oxygen atoms in total. The summed E-state index contributed by atoms with van der Waals surface area (Å²) in [5, 5.41) is 0. The van der Waals surface area contributed by atoms with Crippen LogP contribution in [0.5, 0.6) is 0 Å². The zero-order valence-electron chi connectivity index (χ0n) is 8.03. The lowest BCUT2D eigenvalue weighted by molar-refractivity contribution is 0.109. The molecule has 0 aromatic rings. The summed E-state index contributed by atoms with van der Waals surface area (Å²) in [5.74, 6) is 0. The number of ether oxygens (including phenoxy) is 1. The molecule has 0 spiro atoms. The van der Waals surface area contributed by atoms with Crippen molar-refractivity contribution in [2.45, 2.75) is 0 Å². The van der Waals surface area contributed by atoms with E-state index in [2.05, 4.69) is 21.6 Å². The van der Waals surface area contributed by atoms with Gasteiger partial charge >= 0.3 is 6.09 Å². The van der Waals surface area contributed by atoms with Gasteiger partial charge in [-0.15, -0.1) is 0 Å². The predicted molar refractivity (Wildman–Crippen MR) is 49.5 cm³/mol. The van der Waals surface area contributed by atoms with Crippen LogP contribution >= 0.6 is 0 Å². The van der Waals surface area contributed by atoms with Gasteiger partial charge in [0.05, 0.1) is 0 Å². The van der Waals surface area contributed by atoms with E-state index in [1.165, 1.54) is 0 Å². The van der Waals surface area contributed by atoms with Gasteiger partial charge in [0.1, 0.15) is 6.61 Å². The highest BCUT2D eigenvalue weighted by Crippen LogP contribution is 1.97. The van der Waals surface area contributed by atoms with Crippen molar-refractivity contribution in [1.29, 1.82) is 0 Å². The van der Waals surface area contributed by atoms with Crippen LogP contribution < -0.4 is 5.73 Å². The van der Waals surface area contributed by atoms with Crippen LogP contribution in [0.3, 0.4) is 0 Å². The molecule has 0 unspecified atom stereocenters. The van der Waals surface area contributed by atoms with Crippen molar-refractivity contribution in [2.75, 3.05) is 46.4 Å². The van der Waals surface area contributed by atoms with Crippen LogP contribution in [0, 0.1) is 0 Å². The summed E-state index contributed by atoms with van der Waals surface area (Å²) < 4.78 is 4.66. The Kier molecular flexibility index (Phi) is 3.98. The molecule has 13 heavy (non-hydrogen) atoms. The van der Waals surface area contributed by atoms with Gasteiger partial charge in [-0.05, 0) is 7.05 Å². The standard InChI is InChI=1S/C8H17N3O2/c1-10-2-4-11(5-3-10)6-7-13-8(9)12/h2-7H2,1H3,(H2,9,12). The second-order valence-electron chi connectivity index (χ2n) is 3.31. The van der Waals surface area contributed by atoms with E-state index < -0.39 is 6.09 Å². The smallest absolute Gasteiger partial charge is 0.404 e. The highest BCUT2D eigenvalue weighted by Gasteiger charge is 2.13. The number of amides is 1.